The number of hydrogen-bond donors (Lipinski definition) is 4. The van der Waals surface area contributed by atoms with Crippen molar-refractivity contribution in [1.29, 1.82) is 0 Å². The number of rotatable bonds is 6. The number of carbonyl (C=O) groups is 1. The number of carboxylic acid groups (broad SMARTS) is 1. The maximum Gasteiger partial charge on any atom is 0.330 e. The summed E-state index contributed by atoms with van der Waals surface area (Å²) in [7, 11) is 0. The van der Waals surface area contributed by atoms with Gasteiger partial charge in [0.25, 0.3) is 0 Å². The molecule has 0 radical (unpaired) electrons. The molecule has 2 aromatic carbocycles. The highest BCUT2D eigenvalue weighted by Crippen LogP contribution is 2.41. The quantitative estimate of drug-likeness (QED) is 0.314. The van der Waals surface area contributed by atoms with E-state index >= 15 is 0 Å². The molecule has 8 nitrogen and oxygen atoms in total. The summed E-state index contributed by atoms with van der Waals surface area (Å²) in [6.07, 6.45) is 0. The van der Waals surface area contributed by atoms with Crippen molar-refractivity contribution < 1.29 is 24.5 Å². The fourth-order valence-electron chi connectivity index (χ4n) is 3.69. The normalized spacial score (nSPS) is 14.2. The van der Waals surface area contributed by atoms with Crippen LogP contribution in [-0.4, -0.2) is 46.4 Å². The van der Waals surface area contributed by atoms with Crippen molar-refractivity contribution in [2.24, 2.45) is 4.99 Å². The topological polar surface area (TPSA) is 116 Å². The van der Waals surface area contributed by atoms with Crippen molar-refractivity contribution in [3.63, 3.8) is 0 Å². The number of nitrogens with one attached hydrogen (secondary N) is 2. The summed E-state index contributed by atoms with van der Waals surface area (Å²) >= 11 is 8.16. The maximum absolute atomic E-state index is 11.1. The highest BCUT2D eigenvalue weighted by atomic mass is 35.5. The van der Waals surface area contributed by atoms with Crippen LogP contribution < -0.4 is 20.1 Å². The van der Waals surface area contributed by atoms with Gasteiger partial charge in [-0.05, 0) is 42.0 Å². The molecule has 0 bridgehead atoms. The van der Waals surface area contributed by atoms with E-state index in [1.54, 1.807) is 12.1 Å². The Morgan fingerprint density at radius 3 is 2.74 bits per heavy atom. The van der Waals surface area contributed by atoms with Gasteiger partial charge in [-0.25, -0.2) is 4.79 Å². The number of hydrogen-bond acceptors (Lipinski definition) is 7. The van der Waals surface area contributed by atoms with E-state index in [-0.39, 0.29) is 0 Å². The molecule has 174 valence electrons. The Morgan fingerprint density at radius 1 is 1.12 bits per heavy atom. The van der Waals surface area contributed by atoms with Crippen LogP contribution in [0, 0.1) is 0 Å². The number of aromatic amines is 1. The van der Waals surface area contributed by atoms with Crippen LogP contribution >= 0.6 is 23.1 Å². The van der Waals surface area contributed by atoms with Crippen molar-refractivity contribution >= 4 is 40.6 Å². The van der Waals surface area contributed by atoms with Crippen LogP contribution in [-0.2, 0) is 4.79 Å². The first kappa shape index (κ1) is 22.3. The molecule has 0 spiro atoms. The Hall–Kier alpha value is -3.53. The van der Waals surface area contributed by atoms with Crippen LogP contribution in [0.25, 0.3) is 21.6 Å². The molecule has 2 aromatic rings. The smallest absolute Gasteiger partial charge is 0.330 e. The lowest BCUT2D eigenvalue weighted by molar-refractivity contribution is -0.139. The van der Waals surface area contributed by atoms with Gasteiger partial charge in [0.05, 0.1) is 27.6 Å². The SMILES string of the molecule is O=C(O)C(CO)N=c1ccc2c(Nc3cccc(-c4ccc5c(c4)OCCO5)c3Cl)[nH]sc-2c1. The lowest BCUT2D eigenvalue weighted by Gasteiger charge is -2.19. The minimum absolute atomic E-state index is 0.481. The molecule has 2 aliphatic heterocycles. The molecule has 0 saturated heterocycles. The zero-order chi connectivity index (χ0) is 23.7. The molecule has 0 aromatic heterocycles. The van der Waals surface area contributed by atoms with Gasteiger partial charge in [-0.3, -0.25) is 9.37 Å². The number of H-pyrrole nitrogens is 1. The molecule has 3 aliphatic rings. The molecule has 1 unspecified atom stereocenters. The first-order valence-corrected chi connectivity index (χ1v) is 11.7. The number of carboxylic acids is 1. The molecular formula is C24H20ClN3O5S. The number of aromatic nitrogens is 1. The number of benzene rings is 3. The standard InChI is InChI=1S/C24H20ClN3O5S/c25-22-15(13-4-7-19-20(10-13)33-9-8-32-19)2-1-3-17(22)27-23-16-6-5-14(11-21(16)34-28-23)26-18(12-29)24(30)31/h1-7,10-11,18,27-29H,8-9,12H2,(H,30,31). The molecule has 1 atom stereocenters. The maximum atomic E-state index is 11.1. The molecule has 10 heteroatoms. The van der Waals surface area contributed by atoms with Gasteiger partial charge in [-0.1, -0.05) is 41.3 Å². The van der Waals surface area contributed by atoms with E-state index in [0.29, 0.717) is 29.3 Å². The average Bonchev–Trinajstić information content (AvgIpc) is 3.25. The van der Waals surface area contributed by atoms with Gasteiger partial charge in [-0.2, -0.15) is 0 Å². The van der Waals surface area contributed by atoms with Crippen LogP contribution in [0.4, 0.5) is 11.5 Å². The van der Waals surface area contributed by atoms with Crippen molar-refractivity contribution in [3.8, 4) is 33.1 Å². The Morgan fingerprint density at radius 2 is 1.94 bits per heavy atom. The van der Waals surface area contributed by atoms with E-state index in [2.05, 4.69) is 14.7 Å². The second kappa shape index (κ2) is 9.38. The Bertz CT molecular complexity index is 1400. The van der Waals surface area contributed by atoms with Crippen molar-refractivity contribution in [1.82, 2.24) is 4.37 Å². The number of fused-ring (bicyclic) bond motifs is 2. The molecule has 4 N–H and O–H groups in total. The van der Waals surface area contributed by atoms with Gasteiger partial charge in [-0.15, -0.1) is 0 Å². The van der Waals surface area contributed by atoms with E-state index < -0.39 is 18.6 Å². The second-order valence-electron chi connectivity index (χ2n) is 7.58. The van der Waals surface area contributed by atoms with Crippen LogP contribution in [0.1, 0.15) is 0 Å². The number of nitrogens with zero attached hydrogens (tertiary/aromatic N) is 1. The van der Waals surface area contributed by atoms with Crippen LogP contribution in [0.2, 0.25) is 5.02 Å². The average molecular weight is 498 g/mol. The highest BCUT2D eigenvalue weighted by Gasteiger charge is 2.18. The van der Waals surface area contributed by atoms with Crippen molar-refractivity contribution in [2.75, 3.05) is 25.1 Å². The number of ether oxygens (including phenoxy) is 2. The van der Waals surface area contributed by atoms with Gasteiger partial charge in [0.1, 0.15) is 19.0 Å². The number of halogens is 1. The first-order chi connectivity index (χ1) is 16.5. The van der Waals surface area contributed by atoms with Crippen LogP contribution in [0.5, 0.6) is 11.5 Å². The molecule has 0 amide bonds. The number of anilines is 2. The van der Waals surface area contributed by atoms with E-state index in [1.165, 1.54) is 11.5 Å². The molecule has 2 heterocycles. The molecule has 0 saturated carbocycles. The molecule has 5 rings (SSSR count). The minimum Gasteiger partial charge on any atom is -0.486 e. The summed E-state index contributed by atoms with van der Waals surface area (Å²) < 4.78 is 14.5. The highest BCUT2D eigenvalue weighted by molar-refractivity contribution is 7.10. The van der Waals surface area contributed by atoms with E-state index in [9.17, 15) is 9.90 Å². The van der Waals surface area contributed by atoms with Crippen molar-refractivity contribution in [2.45, 2.75) is 6.04 Å². The Balaban J connectivity index is 1.44. The summed E-state index contributed by atoms with van der Waals surface area (Å²) in [5, 5.41) is 22.7. The van der Waals surface area contributed by atoms with Gasteiger partial charge >= 0.3 is 5.97 Å². The van der Waals surface area contributed by atoms with E-state index in [4.69, 9.17) is 26.2 Å². The summed E-state index contributed by atoms with van der Waals surface area (Å²) in [4.78, 5) is 16.1. The molecular weight excluding hydrogens is 478 g/mol. The molecule has 0 fully saturated rings. The number of aliphatic hydroxyl groups excluding tert-OH is 1. The van der Waals surface area contributed by atoms with Gasteiger partial charge in [0.2, 0.25) is 0 Å². The van der Waals surface area contributed by atoms with E-state index in [0.717, 1.165) is 38.8 Å². The summed E-state index contributed by atoms with van der Waals surface area (Å²) in [5.74, 6) is 1.00. The van der Waals surface area contributed by atoms with Crippen LogP contribution in [0.15, 0.2) is 59.6 Å². The fourth-order valence-corrected chi connectivity index (χ4v) is 4.80. The van der Waals surface area contributed by atoms with Crippen LogP contribution in [0.3, 0.4) is 0 Å². The van der Waals surface area contributed by atoms with Gasteiger partial charge in [0.15, 0.2) is 17.5 Å². The predicted molar refractivity (Wildman–Crippen MR) is 131 cm³/mol. The first-order valence-electron chi connectivity index (χ1n) is 10.5. The van der Waals surface area contributed by atoms with Gasteiger partial charge in [0, 0.05) is 11.1 Å². The lowest BCUT2D eigenvalue weighted by Crippen LogP contribution is -2.24. The fraction of sp³-hybridized carbons (Fsp3) is 0.167. The van der Waals surface area contributed by atoms with Gasteiger partial charge < -0.3 is 25.0 Å². The monoisotopic (exact) mass is 497 g/mol. The molecule has 1 aliphatic carbocycles. The number of aliphatic hydroxyl groups is 1. The Labute approximate surface area is 203 Å². The summed E-state index contributed by atoms with van der Waals surface area (Å²) in [6, 6.07) is 15.7. The third kappa shape index (κ3) is 4.33. The largest absolute Gasteiger partial charge is 0.486 e. The Kier molecular flexibility index (Phi) is 6.14. The minimum atomic E-state index is -1.19. The number of aliphatic carboxylic acids is 1. The van der Waals surface area contributed by atoms with Crippen molar-refractivity contribution in [3.05, 3.63) is 65.0 Å². The zero-order valence-corrected chi connectivity index (χ0v) is 19.3. The second-order valence-corrected chi connectivity index (χ2v) is 8.80. The third-order valence-electron chi connectivity index (χ3n) is 5.37. The molecule has 34 heavy (non-hydrogen) atoms. The zero-order valence-electron chi connectivity index (χ0n) is 17.7. The lowest BCUT2D eigenvalue weighted by atomic mass is 10.0. The van der Waals surface area contributed by atoms with E-state index in [1.807, 2.05) is 42.5 Å². The third-order valence-corrected chi connectivity index (χ3v) is 6.64. The summed E-state index contributed by atoms with van der Waals surface area (Å²) in [5.41, 5.74) is 3.40. The predicted octanol–water partition coefficient (Wildman–Crippen LogP) is 4.36. The summed E-state index contributed by atoms with van der Waals surface area (Å²) in [6.45, 7) is 0.489.